The monoisotopic (exact) mass is 244 g/mol. The molecule has 0 saturated heterocycles. The molecule has 1 aromatic rings. The van der Waals surface area contributed by atoms with Crippen molar-refractivity contribution in [3.8, 4) is 0 Å². The van der Waals surface area contributed by atoms with Crippen LogP contribution in [0.2, 0.25) is 0 Å². The van der Waals surface area contributed by atoms with Gasteiger partial charge in [-0.25, -0.2) is 0 Å². The van der Waals surface area contributed by atoms with Gasteiger partial charge in [-0.1, -0.05) is 25.1 Å². The summed E-state index contributed by atoms with van der Waals surface area (Å²) in [6.07, 6.45) is 2.63. The maximum Gasteiger partial charge on any atom is 0.0233 e. The fourth-order valence-electron chi connectivity index (χ4n) is 3.17. The van der Waals surface area contributed by atoms with Crippen LogP contribution in [-0.2, 0) is 19.5 Å². The minimum atomic E-state index is 0.955. The zero-order valence-corrected chi connectivity index (χ0v) is 11.6. The van der Waals surface area contributed by atoms with Gasteiger partial charge in [-0.3, -0.25) is 0 Å². The van der Waals surface area contributed by atoms with Crippen LogP contribution >= 0.6 is 0 Å². The Kier molecular flexibility index (Phi) is 3.40. The number of rotatable bonds is 4. The third kappa shape index (κ3) is 2.60. The molecule has 0 bridgehead atoms. The van der Waals surface area contributed by atoms with E-state index in [1.165, 1.54) is 24.9 Å². The van der Waals surface area contributed by atoms with Gasteiger partial charge in [0.15, 0.2) is 0 Å². The summed E-state index contributed by atoms with van der Waals surface area (Å²) < 4.78 is 0. The molecule has 1 heterocycles. The van der Waals surface area contributed by atoms with Crippen LogP contribution in [0.4, 0.5) is 0 Å². The number of hydrogen-bond donors (Lipinski definition) is 1. The van der Waals surface area contributed by atoms with Crippen molar-refractivity contribution >= 4 is 0 Å². The molecule has 18 heavy (non-hydrogen) atoms. The van der Waals surface area contributed by atoms with Crippen LogP contribution in [0.5, 0.6) is 0 Å². The van der Waals surface area contributed by atoms with Crippen molar-refractivity contribution in [3.63, 3.8) is 0 Å². The van der Waals surface area contributed by atoms with Crippen LogP contribution in [0.15, 0.2) is 18.2 Å². The van der Waals surface area contributed by atoms with Gasteiger partial charge in [0.1, 0.15) is 0 Å². The van der Waals surface area contributed by atoms with E-state index in [0.29, 0.717) is 0 Å². The summed E-state index contributed by atoms with van der Waals surface area (Å²) in [5.74, 6) is 1.91. The van der Waals surface area contributed by atoms with E-state index < -0.39 is 0 Å². The molecule has 2 aliphatic rings. The molecule has 3 rings (SSSR count). The Morgan fingerprint density at radius 1 is 1.39 bits per heavy atom. The molecular weight excluding hydrogens is 220 g/mol. The Bertz CT molecular complexity index is 427. The molecule has 98 valence electrons. The van der Waals surface area contributed by atoms with E-state index in [1.54, 1.807) is 11.1 Å². The van der Waals surface area contributed by atoms with E-state index in [-0.39, 0.29) is 0 Å². The van der Waals surface area contributed by atoms with Gasteiger partial charge in [0.2, 0.25) is 0 Å². The number of nitrogens with one attached hydrogen (secondary N) is 1. The summed E-state index contributed by atoms with van der Waals surface area (Å²) in [7, 11) is 2.27. The van der Waals surface area contributed by atoms with E-state index >= 15 is 0 Å². The maximum atomic E-state index is 3.46. The van der Waals surface area contributed by atoms with Gasteiger partial charge in [-0.05, 0) is 55.0 Å². The summed E-state index contributed by atoms with van der Waals surface area (Å²) in [5, 5.41) is 3.46. The largest absolute Gasteiger partial charge is 0.312 e. The van der Waals surface area contributed by atoms with Crippen LogP contribution in [0.3, 0.4) is 0 Å². The molecule has 0 spiro atoms. The van der Waals surface area contributed by atoms with Gasteiger partial charge < -0.3 is 10.2 Å². The Labute approximate surface area is 110 Å². The van der Waals surface area contributed by atoms with Crippen molar-refractivity contribution in [3.05, 3.63) is 34.9 Å². The van der Waals surface area contributed by atoms with Gasteiger partial charge in [0, 0.05) is 19.6 Å². The first-order chi connectivity index (χ1) is 8.74. The van der Waals surface area contributed by atoms with Gasteiger partial charge in [-0.2, -0.15) is 0 Å². The van der Waals surface area contributed by atoms with E-state index in [2.05, 4.69) is 42.4 Å². The van der Waals surface area contributed by atoms with Crippen molar-refractivity contribution in [2.24, 2.45) is 11.8 Å². The van der Waals surface area contributed by atoms with E-state index in [9.17, 15) is 0 Å². The molecular formula is C16H24N2. The fraction of sp³-hybridized carbons (Fsp3) is 0.625. The van der Waals surface area contributed by atoms with E-state index in [0.717, 1.165) is 31.5 Å². The first kappa shape index (κ1) is 12.2. The Hall–Kier alpha value is -0.860. The molecule has 2 nitrogen and oxygen atoms in total. The summed E-state index contributed by atoms with van der Waals surface area (Å²) in [6, 6.07) is 6.81. The molecule has 2 heteroatoms. The summed E-state index contributed by atoms with van der Waals surface area (Å²) in [6.45, 7) is 6.93. The Morgan fingerprint density at radius 3 is 3.00 bits per heavy atom. The highest BCUT2D eigenvalue weighted by molar-refractivity contribution is 5.37. The Balaban J connectivity index is 1.68. The lowest BCUT2D eigenvalue weighted by atomic mass is 9.95. The van der Waals surface area contributed by atoms with E-state index in [1.807, 2.05) is 0 Å². The van der Waals surface area contributed by atoms with Crippen LogP contribution in [0.1, 0.15) is 30.0 Å². The predicted molar refractivity (Wildman–Crippen MR) is 75.5 cm³/mol. The average Bonchev–Trinajstić information content (AvgIpc) is 3.05. The molecule has 1 N–H and O–H groups in total. The highest BCUT2D eigenvalue weighted by Gasteiger charge is 2.33. The Morgan fingerprint density at radius 2 is 2.22 bits per heavy atom. The quantitative estimate of drug-likeness (QED) is 0.875. The van der Waals surface area contributed by atoms with Crippen LogP contribution in [-0.4, -0.2) is 25.0 Å². The first-order valence-electron chi connectivity index (χ1n) is 7.23. The maximum absolute atomic E-state index is 3.46. The van der Waals surface area contributed by atoms with Crippen molar-refractivity contribution in [1.29, 1.82) is 0 Å². The molecule has 0 radical (unpaired) electrons. The highest BCUT2D eigenvalue weighted by atomic mass is 15.1. The van der Waals surface area contributed by atoms with Crippen LogP contribution in [0, 0.1) is 11.8 Å². The molecule has 1 aromatic carbocycles. The summed E-state index contributed by atoms with van der Waals surface area (Å²) >= 11 is 0. The lowest BCUT2D eigenvalue weighted by molar-refractivity contribution is 0.306. The minimum absolute atomic E-state index is 0.955. The third-order valence-corrected chi connectivity index (χ3v) is 4.50. The van der Waals surface area contributed by atoms with Gasteiger partial charge >= 0.3 is 0 Å². The zero-order chi connectivity index (χ0) is 12.5. The fourth-order valence-corrected chi connectivity index (χ4v) is 3.17. The van der Waals surface area contributed by atoms with Crippen LogP contribution in [0.25, 0.3) is 0 Å². The molecule has 1 aliphatic heterocycles. The second-order valence-corrected chi connectivity index (χ2v) is 6.15. The summed E-state index contributed by atoms with van der Waals surface area (Å²) in [5.41, 5.74) is 4.66. The molecule has 2 atom stereocenters. The SMILES string of the molecule is CC1CC1CN(C)Cc1cccc2c1CCNC2. The molecule has 2 unspecified atom stereocenters. The van der Waals surface area contributed by atoms with Crippen molar-refractivity contribution in [1.82, 2.24) is 10.2 Å². The molecule has 1 saturated carbocycles. The number of fused-ring (bicyclic) bond motifs is 1. The zero-order valence-electron chi connectivity index (χ0n) is 11.6. The molecule has 1 fully saturated rings. The topological polar surface area (TPSA) is 15.3 Å². The average molecular weight is 244 g/mol. The van der Waals surface area contributed by atoms with Crippen LogP contribution < -0.4 is 5.32 Å². The normalized spacial score (nSPS) is 26.2. The van der Waals surface area contributed by atoms with Crippen molar-refractivity contribution in [2.45, 2.75) is 32.9 Å². The van der Waals surface area contributed by atoms with Crippen molar-refractivity contribution < 1.29 is 0 Å². The summed E-state index contributed by atoms with van der Waals surface area (Å²) in [4.78, 5) is 2.51. The molecule has 0 amide bonds. The van der Waals surface area contributed by atoms with E-state index in [4.69, 9.17) is 0 Å². The third-order valence-electron chi connectivity index (χ3n) is 4.50. The number of nitrogens with zero attached hydrogens (tertiary/aromatic N) is 1. The second kappa shape index (κ2) is 5.02. The first-order valence-corrected chi connectivity index (χ1v) is 7.23. The number of benzene rings is 1. The molecule has 0 aromatic heterocycles. The van der Waals surface area contributed by atoms with Gasteiger partial charge in [0.25, 0.3) is 0 Å². The minimum Gasteiger partial charge on any atom is -0.312 e. The highest BCUT2D eigenvalue weighted by Crippen LogP contribution is 2.38. The predicted octanol–water partition coefficient (Wildman–Crippen LogP) is 2.42. The lowest BCUT2D eigenvalue weighted by Gasteiger charge is -2.23. The second-order valence-electron chi connectivity index (χ2n) is 6.15. The standard InChI is InChI=1S/C16H24N2/c1-12-8-15(12)11-18(2)10-14-5-3-4-13-9-17-7-6-16(13)14/h3-5,12,15,17H,6-11H2,1-2H3. The van der Waals surface area contributed by atoms with Gasteiger partial charge in [0.05, 0.1) is 0 Å². The number of hydrogen-bond acceptors (Lipinski definition) is 2. The van der Waals surface area contributed by atoms with Crippen molar-refractivity contribution in [2.75, 3.05) is 20.1 Å². The lowest BCUT2D eigenvalue weighted by Crippen LogP contribution is -2.27. The van der Waals surface area contributed by atoms with Gasteiger partial charge in [-0.15, -0.1) is 0 Å². The molecule has 1 aliphatic carbocycles. The smallest absolute Gasteiger partial charge is 0.0233 e.